The van der Waals surface area contributed by atoms with Crippen LogP contribution in [0.15, 0.2) is 47.8 Å². The minimum Gasteiger partial charge on any atom is -0.386 e. The number of ether oxygens (including phenoxy) is 1. The Hall–Kier alpha value is -2.48. The molecule has 0 aliphatic carbocycles. The molecule has 1 fully saturated rings. The van der Waals surface area contributed by atoms with Crippen molar-refractivity contribution in [2.24, 2.45) is 5.16 Å². The van der Waals surface area contributed by atoms with E-state index in [1.54, 1.807) is 42.5 Å². The standard InChI is InChI=1S/C23H27ClN4O3/c1-23(2)20(30-3)19(27-31-23)15-8-10-16(11-9-15)22(29)28(17-6-4-12-25-14-17)21-18(24)7-5-13-26-21/h5,7-11,13,17,20,25H,4,6,12,14H2,1-3H3/t17-,20?/m1/s1. The van der Waals surface area contributed by atoms with Gasteiger partial charge in [-0.25, -0.2) is 4.98 Å². The zero-order valence-corrected chi connectivity index (χ0v) is 18.7. The van der Waals surface area contributed by atoms with Crippen molar-refractivity contribution in [3.63, 3.8) is 0 Å². The van der Waals surface area contributed by atoms with Crippen molar-refractivity contribution >= 4 is 29.0 Å². The number of rotatable bonds is 5. The molecule has 1 saturated heterocycles. The molecule has 2 aromatic rings. The molecule has 4 rings (SSSR count). The van der Waals surface area contributed by atoms with Gasteiger partial charge in [-0.1, -0.05) is 28.9 Å². The highest BCUT2D eigenvalue weighted by Gasteiger charge is 2.42. The first-order chi connectivity index (χ1) is 14.9. The van der Waals surface area contributed by atoms with Gasteiger partial charge in [-0.15, -0.1) is 0 Å². The number of anilines is 1. The minimum absolute atomic E-state index is 0.0143. The Bertz CT molecular complexity index is 971. The van der Waals surface area contributed by atoms with E-state index in [9.17, 15) is 4.79 Å². The summed E-state index contributed by atoms with van der Waals surface area (Å²) < 4.78 is 5.60. The molecule has 2 aliphatic rings. The predicted molar refractivity (Wildman–Crippen MR) is 121 cm³/mol. The third-order valence-electron chi connectivity index (χ3n) is 5.74. The third kappa shape index (κ3) is 4.31. The highest BCUT2D eigenvalue weighted by atomic mass is 35.5. The molecule has 0 bridgehead atoms. The number of halogens is 1. The van der Waals surface area contributed by atoms with Crippen LogP contribution in [0.4, 0.5) is 5.82 Å². The highest BCUT2D eigenvalue weighted by Crippen LogP contribution is 2.30. The van der Waals surface area contributed by atoms with E-state index >= 15 is 0 Å². The van der Waals surface area contributed by atoms with Gasteiger partial charge in [0.15, 0.2) is 11.4 Å². The van der Waals surface area contributed by atoms with E-state index in [1.807, 2.05) is 26.0 Å². The number of benzene rings is 1. The summed E-state index contributed by atoms with van der Waals surface area (Å²) in [6.45, 7) is 5.52. The summed E-state index contributed by atoms with van der Waals surface area (Å²) in [5, 5.41) is 8.04. The number of oxime groups is 1. The van der Waals surface area contributed by atoms with E-state index in [0.29, 0.717) is 28.7 Å². The summed E-state index contributed by atoms with van der Waals surface area (Å²) in [4.78, 5) is 25.2. The van der Waals surface area contributed by atoms with Crippen LogP contribution in [0.25, 0.3) is 0 Å². The van der Waals surface area contributed by atoms with E-state index in [0.717, 1.165) is 24.9 Å². The Morgan fingerprint density at radius 1 is 1.29 bits per heavy atom. The quantitative estimate of drug-likeness (QED) is 0.764. The fourth-order valence-corrected chi connectivity index (χ4v) is 4.37. The van der Waals surface area contributed by atoms with Crippen molar-refractivity contribution in [3.05, 3.63) is 58.7 Å². The van der Waals surface area contributed by atoms with Crippen LogP contribution >= 0.6 is 11.6 Å². The van der Waals surface area contributed by atoms with Crippen LogP contribution in [0.5, 0.6) is 0 Å². The Kier molecular flexibility index (Phi) is 6.27. The Morgan fingerprint density at radius 3 is 2.71 bits per heavy atom. The maximum Gasteiger partial charge on any atom is 0.259 e. The summed E-state index contributed by atoms with van der Waals surface area (Å²) >= 11 is 6.42. The number of aromatic nitrogens is 1. The van der Waals surface area contributed by atoms with Gasteiger partial charge in [0.05, 0.1) is 11.1 Å². The first-order valence-corrected chi connectivity index (χ1v) is 10.8. The second-order valence-electron chi connectivity index (χ2n) is 8.35. The normalized spacial score (nSPS) is 22.5. The molecule has 2 aliphatic heterocycles. The van der Waals surface area contributed by atoms with Crippen molar-refractivity contribution in [1.82, 2.24) is 10.3 Å². The molecule has 8 heteroatoms. The molecule has 0 saturated carbocycles. The molecule has 0 spiro atoms. The fraction of sp³-hybridized carbons (Fsp3) is 0.435. The second-order valence-corrected chi connectivity index (χ2v) is 8.76. The van der Waals surface area contributed by atoms with Crippen LogP contribution in [0.2, 0.25) is 5.02 Å². The number of nitrogens with zero attached hydrogens (tertiary/aromatic N) is 3. The summed E-state index contributed by atoms with van der Waals surface area (Å²) in [6, 6.07) is 10.9. The number of nitrogens with one attached hydrogen (secondary N) is 1. The number of methoxy groups -OCH3 is 1. The lowest BCUT2D eigenvalue weighted by Crippen LogP contribution is -2.49. The van der Waals surface area contributed by atoms with Crippen LogP contribution in [0.3, 0.4) is 0 Å². The average molecular weight is 443 g/mol. The number of carbonyl (C=O) groups is 1. The highest BCUT2D eigenvalue weighted by molar-refractivity contribution is 6.33. The van der Waals surface area contributed by atoms with Crippen LogP contribution in [0, 0.1) is 0 Å². The van der Waals surface area contributed by atoms with Gasteiger partial charge in [-0.05, 0) is 57.5 Å². The maximum absolute atomic E-state index is 13.6. The van der Waals surface area contributed by atoms with Crippen molar-refractivity contribution in [3.8, 4) is 0 Å². The van der Waals surface area contributed by atoms with Crippen LogP contribution < -0.4 is 10.2 Å². The summed E-state index contributed by atoms with van der Waals surface area (Å²) in [7, 11) is 1.64. The molecule has 3 heterocycles. The topological polar surface area (TPSA) is 76.0 Å². The Balaban J connectivity index is 1.63. The molecule has 0 radical (unpaired) electrons. The monoisotopic (exact) mass is 442 g/mol. The number of amides is 1. The predicted octanol–water partition coefficient (Wildman–Crippen LogP) is 3.66. The van der Waals surface area contributed by atoms with Gasteiger partial charge in [-0.2, -0.15) is 0 Å². The molecular weight excluding hydrogens is 416 g/mol. The van der Waals surface area contributed by atoms with Gasteiger partial charge in [0.2, 0.25) is 0 Å². The molecule has 164 valence electrons. The zero-order valence-electron chi connectivity index (χ0n) is 18.0. The number of pyridine rings is 1. The lowest BCUT2D eigenvalue weighted by atomic mass is 9.93. The summed E-state index contributed by atoms with van der Waals surface area (Å²) in [5.41, 5.74) is 1.59. The van der Waals surface area contributed by atoms with Gasteiger partial charge in [0.1, 0.15) is 11.8 Å². The van der Waals surface area contributed by atoms with Gasteiger partial charge < -0.3 is 14.9 Å². The van der Waals surface area contributed by atoms with E-state index in [-0.39, 0.29) is 18.1 Å². The summed E-state index contributed by atoms with van der Waals surface area (Å²) in [6.07, 6.45) is 3.26. The first kappa shape index (κ1) is 21.7. The SMILES string of the molecule is COC1C(c2ccc(C(=O)N(c3ncccc3Cl)[C@@H]3CCCNC3)cc2)=NOC1(C)C. The second kappa shape index (κ2) is 8.94. The van der Waals surface area contributed by atoms with E-state index in [2.05, 4.69) is 15.5 Å². The zero-order chi connectivity index (χ0) is 22.0. The number of hydrogen-bond donors (Lipinski definition) is 1. The Morgan fingerprint density at radius 2 is 2.06 bits per heavy atom. The molecule has 1 aromatic carbocycles. The number of carbonyl (C=O) groups excluding carboxylic acids is 1. The molecule has 1 aromatic heterocycles. The molecule has 7 nitrogen and oxygen atoms in total. The van der Waals surface area contributed by atoms with Crippen LogP contribution in [-0.4, -0.2) is 54.5 Å². The molecule has 1 unspecified atom stereocenters. The molecule has 1 amide bonds. The van der Waals surface area contributed by atoms with Gasteiger partial charge in [-0.3, -0.25) is 9.69 Å². The third-order valence-corrected chi connectivity index (χ3v) is 6.04. The van der Waals surface area contributed by atoms with Gasteiger partial charge >= 0.3 is 0 Å². The van der Waals surface area contributed by atoms with Crippen LogP contribution in [0.1, 0.15) is 42.6 Å². The molecule has 1 N–H and O–H groups in total. The lowest BCUT2D eigenvalue weighted by molar-refractivity contribution is -0.0614. The minimum atomic E-state index is -0.543. The average Bonchev–Trinajstić information content (AvgIpc) is 3.10. The van der Waals surface area contributed by atoms with E-state index < -0.39 is 5.60 Å². The van der Waals surface area contributed by atoms with Crippen molar-refractivity contribution in [2.75, 3.05) is 25.1 Å². The van der Waals surface area contributed by atoms with Crippen molar-refractivity contribution in [2.45, 2.75) is 44.4 Å². The van der Waals surface area contributed by atoms with Crippen LogP contribution in [-0.2, 0) is 9.57 Å². The van der Waals surface area contributed by atoms with E-state index in [4.69, 9.17) is 21.2 Å². The largest absolute Gasteiger partial charge is 0.386 e. The maximum atomic E-state index is 13.6. The fourth-order valence-electron chi connectivity index (χ4n) is 4.16. The Labute approximate surface area is 187 Å². The molecular formula is C23H27ClN4O3. The molecule has 31 heavy (non-hydrogen) atoms. The smallest absolute Gasteiger partial charge is 0.259 e. The van der Waals surface area contributed by atoms with Crippen molar-refractivity contribution in [1.29, 1.82) is 0 Å². The van der Waals surface area contributed by atoms with Gasteiger partial charge in [0, 0.05) is 31.0 Å². The first-order valence-electron chi connectivity index (χ1n) is 10.5. The van der Waals surface area contributed by atoms with Gasteiger partial charge in [0.25, 0.3) is 5.91 Å². The lowest BCUT2D eigenvalue weighted by Gasteiger charge is -2.34. The number of hydrogen-bond acceptors (Lipinski definition) is 6. The molecule has 2 atom stereocenters. The summed E-state index contributed by atoms with van der Waals surface area (Å²) in [5.74, 6) is 0.357. The number of piperidine rings is 1. The van der Waals surface area contributed by atoms with Crippen molar-refractivity contribution < 1.29 is 14.4 Å². The van der Waals surface area contributed by atoms with E-state index in [1.165, 1.54) is 0 Å².